The molecular formula is C11H13Br2N3S2. The smallest absolute Gasteiger partial charge is 0.149 e. The maximum Gasteiger partial charge on any atom is 0.149 e. The molecule has 7 heteroatoms. The van der Waals surface area contributed by atoms with Gasteiger partial charge in [-0.3, -0.25) is 0 Å². The second-order valence-electron chi connectivity index (χ2n) is 4.84. The van der Waals surface area contributed by atoms with Gasteiger partial charge in [0, 0.05) is 11.1 Å². The third-order valence-electron chi connectivity index (χ3n) is 2.12. The Morgan fingerprint density at radius 1 is 1.22 bits per heavy atom. The van der Waals surface area contributed by atoms with E-state index in [1.807, 2.05) is 0 Å². The van der Waals surface area contributed by atoms with E-state index in [2.05, 4.69) is 74.2 Å². The summed E-state index contributed by atoms with van der Waals surface area (Å²) in [5.41, 5.74) is 1.20. The monoisotopic (exact) mass is 409 g/mol. The molecule has 2 aromatic heterocycles. The van der Waals surface area contributed by atoms with Crippen molar-refractivity contribution >= 4 is 54.5 Å². The lowest BCUT2D eigenvalue weighted by molar-refractivity contribution is 0.423. The van der Waals surface area contributed by atoms with Crippen LogP contribution in [0.4, 0.5) is 0 Å². The summed E-state index contributed by atoms with van der Waals surface area (Å²) in [5, 5.41) is 13.8. The first-order valence-corrected chi connectivity index (χ1v) is 8.60. The van der Waals surface area contributed by atoms with E-state index in [1.54, 1.807) is 22.7 Å². The van der Waals surface area contributed by atoms with Gasteiger partial charge in [-0.15, -0.1) is 21.5 Å². The lowest BCUT2D eigenvalue weighted by Gasteiger charge is -2.19. The van der Waals surface area contributed by atoms with E-state index in [4.69, 9.17) is 0 Å². The summed E-state index contributed by atoms with van der Waals surface area (Å²) in [5.74, 6) is 0. The zero-order valence-electron chi connectivity index (χ0n) is 10.3. The average Bonchev–Trinajstić information content (AvgIpc) is 2.81. The fourth-order valence-corrected chi connectivity index (χ4v) is 5.06. The van der Waals surface area contributed by atoms with Gasteiger partial charge in [0.15, 0.2) is 0 Å². The molecule has 0 saturated carbocycles. The molecule has 2 aromatic rings. The van der Waals surface area contributed by atoms with Crippen molar-refractivity contribution in [3.63, 3.8) is 0 Å². The second kappa shape index (κ2) is 5.66. The molecule has 0 bridgehead atoms. The van der Waals surface area contributed by atoms with Crippen molar-refractivity contribution in [2.45, 2.75) is 32.9 Å². The van der Waals surface area contributed by atoms with Crippen molar-refractivity contribution in [3.05, 3.63) is 18.6 Å². The van der Waals surface area contributed by atoms with E-state index in [0.717, 1.165) is 29.7 Å². The Kier molecular flexibility index (Phi) is 4.59. The first kappa shape index (κ1) is 14.6. The Balaban J connectivity index is 2.13. The highest BCUT2D eigenvalue weighted by atomic mass is 79.9. The SMILES string of the molecule is CC(C)(C)NCc1nnc(-c2cc(Br)sc2Br)s1. The van der Waals surface area contributed by atoms with E-state index in [-0.39, 0.29) is 5.54 Å². The molecule has 0 radical (unpaired) electrons. The van der Waals surface area contributed by atoms with Crippen LogP contribution in [-0.4, -0.2) is 15.7 Å². The lowest BCUT2D eigenvalue weighted by Crippen LogP contribution is -2.35. The number of halogens is 2. The van der Waals surface area contributed by atoms with E-state index < -0.39 is 0 Å². The number of thiophene rings is 1. The van der Waals surface area contributed by atoms with E-state index in [0.29, 0.717) is 0 Å². The van der Waals surface area contributed by atoms with Crippen molar-refractivity contribution in [1.29, 1.82) is 0 Å². The molecule has 1 N–H and O–H groups in total. The summed E-state index contributed by atoms with van der Waals surface area (Å²) in [6, 6.07) is 2.07. The first-order valence-electron chi connectivity index (χ1n) is 5.38. The molecule has 0 aromatic carbocycles. The molecule has 0 amide bonds. The third kappa shape index (κ3) is 3.84. The molecule has 2 rings (SSSR count). The van der Waals surface area contributed by atoms with Gasteiger partial charge >= 0.3 is 0 Å². The van der Waals surface area contributed by atoms with Crippen LogP contribution >= 0.6 is 54.5 Å². The summed E-state index contributed by atoms with van der Waals surface area (Å²) < 4.78 is 2.18. The van der Waals surface area contributed by atoms with Crippen molar-refractivity contribution < 1.29 is 0 Å². The van der Waals surface area contributed by atoms with Crippen molar-refractivity contribution in [2.75, 3.05) is 0 Å². The molecule has 0 aliphatic rings. The second-order valence-corrected chi connectivity index (χ2v) is 9.65. The van der Waals surface area contributed by atoms with Gasteiger partial charge in [0.25, 0.3) is 0 Å². The number of hydrogen-bond acceptors (Lipinski definition) is 5. The Morgan fingerprint density at radius 2 is 1.94 bits per heavy atom. The molecule has 0 fully saturated rings. The highest BCUT2D eigenvalue weighted by Gasteiger charge is 2.14. The van der Waals surface area contributed by atoms with Gasteiger partial charge in [-0.25, -0.2) is 0 Å². The summed E-state index contributed by atoms with van der Waals surface area (Å²) >= 11 is 10.3. The van der Waals surface area contributed by atoms with Crippen molar-refractivity contribution in [1.82, 2.24) is 15.5 Å². The molecule has 0 atom stereocenters. The Hall–Kier alpha value is 0.180. The Labute approximate surface area is 131 Å². The summed E-state index contributed by atoms with van der Waals surface area (Å²) in [7, 11) is 0. The molecule has 3 nitrogen and oxygen atoms in total. The van der Waals surface area contributed by atoms with Crippen molar-refractivity contribution in [2.24, 2.45) is 0 Å². The number of nitrogens with zero attached hydrogens (tertiary/aromatic N) is 2. The minimum absolute atomic E-state index is 0.0951. The van der Waals surface area contributed by atoms with E-state index in [9.17, 15) is 0 Å². The number of rotatable bonds is 3. The van der Waals surface area contributed by atoms with Gasteiger partial charge in [-0.05, 0) is 58.7 Å². The highest BCUT2D eigenvalue weighted by molar-refractivity contribution is 9.12. The Bertz CT molecular complexity index is 543. The molecule has 98 valence electrons. The number of aromatic nitrogens is 2. The standard InChI is InChI=1S/C11H13Br2N3S2/c1-11(2,3)14-5-8-15-16-10(18-8)6-4-7(12)17-9(6)13/h4,14H,5H2,1-3H3. The maximum absolute atomic E-state index is 4.25. The fourth-order valence-electron chi connectivity index (χ4n) is 1.26. The molecule has 0 saturated heterocycles. The van der Waals surface area contributed by atoms with Gasteiger partial charge in [0.05, 0.1) is 14.1 Å². The van der Waals surface area contributed by atoms with Crippen LogP contribution in [0.3, 0.4) is 0 Å². The predicted molar refractivity (Wildman–Crippen MR) is 85.2 cm³/mol. The topological polar surface area (TPSA) is 37.8 Å². The molecule has 0 unspecified atom stereocenters. The van der Waals surface area contributed by atoms with Gasteiger partial charge in [0.1, 0.15) is 10.0 Å². The number of hydrogen-bond donors (Lipinski definition) is 1. The van der Waals surface area contributed by atoms with Crippen molar-refractivity contribution in [3.8, 4) is 10.6 Å². The third-order valence-corrected chi connectivity index (χ3v) is 5.42. The lowest BCUT2D eigenvalue weighted by atomic mass is 10.1. The van der Waals surface area contributed by atoms with Gasteiger partial charge in [-0.1, -0.05) is 11.3 Å². The summed E-state index contributed by atoms with van der Waals surface area (Å²) in [6.45, 7) is 7.18. The average molecular weight is 411 g/mol. The minimum Gasteiger partial charge on any atom is -0.306 e. The molecule has 0 aliphatic heterocycles. The van der Waals surface area contributed by atoms with Crippen LogP contribution in [0.15, 0.2) is 13.6 Å². The molecule has 18 heavy (non-hydrogen) atoms. The predicted octanol–water partition coefficient (Wildman–Crippen LogP) is 4.68. The molecule has 0 aliphatic carbocycles. The maximum atomic E-state index is 4.25. The van der Waals surface area contributed by atoms with Crippen LogP contribution in [-0.2, 0) is 6.54 Å². The van der Waals surface area contributed by atoms with Gasteiger partial charge < -0.3 is 5.32 Å². The van der Waals surface area contributed by atoms with Crippen LogP contribution in [0.1, 0.15) is 25.8 Å². The first-order chi connectivity index (χ1) is 8.35. The fraction of sp³-hybridized carbons (Fsp3) is 0.455. The van der Waals surface area contributed by atoms with Gasteiger partial charge in [-0.2, -0.15) is 0 Å². The van der Waals surface area contributed by atoms with Crippen LogP contribution in [0, 0.1) is 0 Å². The van der Waals surface area contributed by atoms with Gasteiger partial charge in [0.2, 0.25) is 0 Å². The molecule has 2 heterocycles. The summed E-state index contributed by atoms with van der Waals surface area (Å²) in [4.78, 5) is 0. The van der Waals surface area contributed by atoms with Crippen LogP contribution < -0.4 is 5.32 Å². The zero-order chi connectivity index (χ0) is 13.3. The molecular weight excluding hydrogens is 398 g/mol. The normalized spacial score (nSPS) is 12.1. The zero-order valence-corrected chi connectivity index (χ0v) is 15.1. The van der Waals surface area contributed by atoms with E-state index in [1.165, 1.54) is 0 Å². The van der Waals surface area contributed by atoms with Crippen LogP contribution in [0.5, 0.6) is 0 Å². The highest BCUT2D eigenvalue weighted by Crippen LogP contribution is 2.39. The number of nitrogens with one attached hydrogen (secondary N) is 1. The van der Waals surface area contributed by atoms with Crippen LogP contribution in [0.25, 0.3) is 10.6 Å². The Morgan fingerprint density at radius 3 is 2.50 bits per heavy atom. The molecule has 0 spiro atoms. The minimum atomic E-state index is 0.0951. The quantitative estimate of drug-likeness (QED) is 0.797. The van der Waals surface area contributed by atoms with E-state index >= 15 is 0 Å². The largest absolute Gasteiger partial charge is 0.306 e. The van der Waals surface area contributed by atoms with Crippen LogP contribution in [0.2, 0.25) is 0 Å². The summed E-state index contributed by atoms with van der Waals surface area (Å²) in [6.07, 6.45) is 0.